The number of nitrogens with zero attached hydrogens (tertiary/aromatic N) is 3. The van der Waals surface area contributed by atoms with Gasteiger partial charge in [-0.1, -0.05) is 6.07 Å². The van der Waals surface area contributed by atoms with E-state index in [1.807, 2.05) is 26.1 Å². The van der Waals surface area contributed by atoms with Gasteiger partial charge in [0, 0.05) is 55.0 Å². The third kappa shape index (κ3) is 4.35. The van der Waals surface area contributed by atoms with Crippen LogP contribution in [-0.4, -0.2) is 61.8 Å². The third-order valence-corrected chi connectivity index (χ3v) is 8.15. The van der Waals surface area contributed by atoms with E-state index in [9.17, 15) is 4.79 Å². The van der Waals surface area contributed by atoms with Crippen LogP contribution in [-0.2, 0) is 17.6 Å². The summed E-state index contributed by atoms with van der Waals surface area (Å²) >= 11 is 1.36. The fourth-order valence-electron chi connectivity index (χ4n) is 5.18. The highest BCUT2D eigenvalue weighted by atomic mass is 32.1. The Balaban J connectivity index is 1.26. The molecule has 0 radical (unpaired) electrons. The van der Waals surface area contributed by atoms with Crippen molar-refractivity contribution in [2.75, 3.05) is 44.5 Å². The first kappa shape index (κ1) is 23.0. The van der Waals surface area contributed by atoms with Gasteiger partial charge in [0.15, 0.2) is 0 Å². The molecule has 0 aromatic carbocycles. The summed E-state index contributed by atoms with van der Waals surface area (Å²) in [6, 6.07) is 8.62. The van der Waals surface area contributed by atoms with Crippen LogP contribution in [0, 0.1) is 12.8 Å². The first-order chi connectivity index (χ1) is 16.5. The Labute approximate surface area is 203 Å². The van der Waals surface area contributed by atoms with Gasteiger partial charge in [0.2, 0.25) is 0 Å². The Hall–Kier alpha value is -2.75. The molecule has 5 rings (SSSR count). The number of nitrogen functional groups attached to an aromatic ring is 1. The van der Waals surface area contributed by atoms with Crippen LogP contribution in [0.15, 0.2) is 24.3 Å². The Bertz CT molecular complexity index is 1210. The quantitative estimate of drug-likeness (QED) is 0.498. The summed E-state index contributed by atoms with van der Waals surface area (Å²) in [6.45, 7) is 4.55. The molecule has 180 valence electrons. The van der Waals surface area contributed by atoms with Crippen molar-refractivity contribution in [1.29, 1.82) is 0 Å². The maximum atomic E-state index is 13.0. The molecule has 1 aliphatic heterocycles. The second-order valence-electron chi connectivity index (χ2n) is 9.35. The van der Waals surface area contributed by atoms with Crippen molar-refractivity contribution in [2.24, 2.45) is 5.92 Å². The van der Waals surface area contributed by atoms with Crippen LogP contribution in [0.1, 0.15) is 33.0 Å². The number of thiophene rings is 1. The highest BCUT2D eigenvalue weighted by molar-refractivity contribution is 7.21. The molecule has 0 saturated carbocycles. The average molecular weight is 481 g/mol. The molecule has 34 heavy (non-hydrogen) atoms. The van der Waals surface area contributed by atoms with Gasteiger partial charge in [0.25, 0.3) is 5.91 Å². The van der Waals surface area contributed by atoms with Crippen LogP contribution in [0.5, 0.6) is 0 Å². The first-order valence-corrected chi connectivity index (χ1v) is 12.6. The number of nitrogens with two attached hydrogens (primary N) is 1. The summed E-state index contributed by atoms with van der Waals surface area (Å²) in [6.07, 6.45) is 2.49. The van der Waals surface area contributed by atoms with Crippen molar-refractivity contribution in [3.8, 4) is 0 Å². The number of aryl methyl sites for hydroxylation is 2. The smallest absolute Gasteiger partial charge is 0.263 e. The van der Waals surface area contributed by atoms with Crippen LogP contribution in [0.3, 0.4) is 0 Å². The Morgan fingerprint density at radius 2 is 2.12 bits per heavy atom. The number of pyridine rings is 2. The van der Waals surface area contributed by atoms with E-state index in [0.29, 0.717) is 22.5 Å². The molecule has 8 nitrogen and oxygen atoms in total. The number of likely N-dealkylation sites (N-methyl/N-ethyl adjacent to an activating group) is 1. The molecule has 1 fully saturated rings. The highest BCUT2D eigenvalue weighted by Gasteiger charge is 2.33. The van der Waals surface area contributed by atoms with Crippen molar-refractivity contribution < 1.29 is 9.53 Å². The number of methoxy groups -OCH3 is 1. The molecular formula is C25H32N6O2S. The van der Waals surface area contributed by atoms with Crippen molar-refractivity contribution in [3.05, 3.63) is 46.1 Å². The Morgan fingerprint density at radius 3 is 2.91 bits per heavy atom. The highest BCUT2D eigenvalue weighted by Crippen LogP contribution is 2.33. The molecule has 1 amide bonds. The van der Waals surface area contributed by atoms with E-state index in [1.54, 1.807) is 7.11 Å². The van der Waals surface area contributed by atoms with Crippen molar-refractivity contribution >= 4 is 39.0 Å². The van der Waals surface area contributed by atoms with E-state index in [0.717, 1.165) is 66.4 Å². The summed E-state index contributed by atoms with van der Waals surface area (Å²) in [5.74, 6) is 1.37. The van der Waals surface area contributed by atoms with E-state index in [-0.39, 0.29) is 11.9 Å². The number of amides is 1. The van der Waals surface area contributed by atoms with Crippen molar-refractivity contribution in [1.82, 2.24) is 20.6 Å². The number of hydrogen-bond acceptors (Lipinski definition) is 8. The maximum Gasteiger partial charge on any atom is 0.263 e. The molecule has 4 N–H and O–H groups in total. The molecule has 3 aromatic heterocycles. The number of fused-ring (bicyclic) bond motifs is 2. The lowest BCUT2D eigenvalue weighted by Crippen LogP contribution is -2.39. The Kier molecular flexibility index (Phi) is 6.42. The summed E-state index contributed by atoms with van der Waals surface area (Å²) in [5.41, 5.74) is 10.1. The SMILES string of the molecule is CN[C@@H]1CN(c2ccc3c(n2)CC[C@H](NC(=O)c2sc4nc(C)ccc4c2N)C3)C[C@H]1COC. The topological polar surface area (TPSA) is 105 Å². The molecule has 3 atom stereocenters. The van der Waals surface area contributed by atoms with Crippen LogP contribution in [0.4, 0.5) is 11.5 Å². The molecule has 0 bridgehead atoms. The predicted molar refractivity (Wildman–Crippen MR) is 137 cm³/mol. The van der Waals surface area contributed by atoms with Crippen molar-refractivity contribution in [2.45, 2.75) is 38.3 Å². The van der Waals surface area contributed by atoms with Crippen LogP contribution >= 0.6 is 11.3 Å². The minimum atomic E-state index is -0.115. The largest absolute Gasteiger partial charge is 0.397 e. The van der Waals surface area contributed by atoms with E-state index < -0.39 is 0 Å². The van der Waals surface area contributed by atoms with Gasteiger partial charge in [0.1, 0.15) is 15.5 Å². The second-order valence-corrected chi connectivity index (χ2v) is 10.4. The lowest BCUT2D eigenvalue weighted by molar-refractivity contribution is 0.0938. The van der Waals surface area contributed by atoms with Gasteiger partial charge < -0.3 is 26.0 Å². The van der Waals surface area contributed by atoms with Gasteiger partial charge in [-0.3, -0.25) is 4.79 Å². The minimum absolute atomic E-state index is 0.0681. The first-order valence-electron chi connectivity index (χ1n) is 11.8. The summed E-state index contributed by atoms with van der Waals surface area (Å²) < 4.78 is 5.41. The van der Waals surface area contributed by atoms with Gasteiger partial charge in [0.05, 0.1) is 12.3 Å². The molecule has 0 spiro atoms. The zero-order valence-electron chi connectivity index (χ0n) is 19.9. The lowest BCUT2D eigenvalue weighted by Gasteiger charge is -2.26. The summed E-state index contributed by atoms with van der Waals surface area (Å²) in [7, 11) is 3.77. The molecule has 2 aliphatic rings. The molecule has 1 saturated heterocycles. The normalized spacial score (nSPS) is 22.2. The van der Waals surface area contributed by atoms with E-state index in [1.165, 1.54) is 16.9 Å². The van der Waals surface area contributed by atoms with Gasteiger partial charge in [-0.25, -0.2) is 9.97 Å². The number of carbonyl (C=O) groups excluding carboxylic acids is 1. The Morgan fingerprint density at radius 1 is 1.26 bits per heavy atom. The number of nitrogens with one attached hydrogen (secondary N) is 2. The number of ether oxygens (including phenoxy) is 1. The van der Waals surface area contributed by atoms with Gasteiger partial charge in [-0.15, -0.1) is 11.3 Å². The van der Waals surface area contributed by atoms with E-state index >= 15 is 0 Å². The van der Waals surface area contributed by atoms with Gasteiger partial charge in [-0.05, 0) is 57.0 Å². The predicted octanol–water partition coefficient (Wildman–Crippen LogP) is 2.54. The van der Waals surface area contributed by atoms with Crippen molar-refractivity contribution in [3.63, 3.8) is 0 Å². The van der Waals surface area contributed by atoms with Gasteiger partial charge in [-0.2, -0.15) is 0 Å². The lowest BCUT2D eigenvalue weighted by atomic mass is 9.91. The molecule has 4 heterocycles. The fourth-order valence-corrected chi connectivity index (χ4v) is 6.22. The van der Waals surface area contributed by atoms with Crippen LogP contribution < -0.4 is 21.3 Å². The van der Waals surface area contributed by atoms with Crippen LogP contribution in [0.25, 0.3) is 10.2 Å². The van der Waals surface area contributed by atoms with E-state index in [2.05, 4.69) is 32.7 Å². The minimum Gasteiger partial charge on any atom is -0.397 e. The standard InChI is InChI=1S/C25H32N6O2S/c1-14-4-7-18-22(26)23(34-25(18)28-14)24(32)29-17-6-8-19-15(10-17)5-9-21(30-19)31-11-16(13-33-3)20(12-31)27-2/h4-5,7,9,16-17,20,27H,6,8,10-13,26H2,1-3H3,(H,29,32)/t16-,17-,20+/m0/s1. The van der Waals surface area contributed by atoms with Gasteiger partial charge >= 0.3 is 0 Å². The summed E-state index contributed by atoms with van der Waals surface area (Å²) in [4.78, 5) is 26.2. The number of anilines is 2. The molecule has 1 aliphatic carbocycles. The number of aromatic nitrogens is 2. The monoisotopic (exact) mass is 480 g/mol. The zero-order valence-corrected chi connectivity index (χ0v) is 20.7. The maximum absolute atomic E-state index is 13.0. The molecular weight excluding hydrogens is 448 g/mol. The zero-order chi connectivity index (χ0) is 23.8. The number of hydrogen-bond donors (Lipinski definition) is 3. The molecule has 3 aromatic rings. The molecule has 9 heteroatoms. The average Bonchev–Trinajstić information content (AvgIpc) is 3.39. The molecule has 0 unspecified atom stereocenters. The number of rotatable bonds is 6. The van der Waals surface area contributed by atoms with E-state index in [4.69, 9.17) is 15.5 Å². The fraction of sp³-hybridized carbons (Fsp3) is 0.480. The third-order valence-electron chi connectivity index (χ3n) is 7.04. The number of carbonyl (C=O) groups is 1. The summed E-state index contributed by atoms with van der Waals surface area (Å²) in [5, 5.41) is 7.46. The van der Waals surface area contributed by atoms with Crippen LogP contribution in [0.2, 0.25) is 0 Å². The second kappa shape index (κ2) is 9.48.